The van der Waals surface area contributed by atoms with Gasteiger partial charge >= 0.3 is 5.97 Å². The standard InChI is InChI=1S/C11H19N3O4S/c1-4-8(3)14(7-11(15)16)19(17,18)10-6-12-9(5-2)13-10/h6,8H,4-5,7H2,1-3H3,(H,12,13)(H,15,16). The van der Waals surface area contributed by atoms with Crippen LogP contribution in [0.25, 0.3) is 0 Å². The second kappa shape index (κ2) is 6.16. The number of aryl methyl sites for hydroxylation is 1. The maximum absolute atomic E-state index is 12.4. The lowest BCUT2D eigenvalue weighted by molar-refractivity contribution is -0.137. The van der Waals surface area contributed by atoms with Gasteiger partial charge in [-0.25, -0.2) is 13.4 Å². The van der Waals surface area contributed by atoms with E-state index in [9.17, 15) is 13.2 Å². The van der Waals surface area contributed by atoms with Crippen LogP contribution in [0.3, 0.4) is 0 Å². The first-order chi connectivity index (χ1) is 8.82. The number of hydrogen-bond donors (Lipinski definition) is 2. The molecule has 0 spiro atoms. The summed E-state index contributed by atoms with van der Waals surface area (Å²) >= 11 is 0. The lowest BCUT2D eigenvalue weighted by Gasteiger charge is -2.25. The molecule has 0 radical (unpaired) electrons. The van der Waals surface area contributed by atoms with Crippen LogP contribution >= 0.6 is 0 Å². The van der Waals surface area contributed by atoms with Crippen LogP contribution in [-0.4, -0.2) is 46.4 Å². The molecule has 1 unspecified atom stereocenters. The van der Waals surface area contributed by atoms with E-state index in [0.717, 1.165) is 4.31 Å². The van der Waals surface area contributed by atoms with Gasteiger partial charge in [0, 0.05) is 12.5 Å². The van der Waals surface area contributed by atoms with Crippen LogP contribution in [0.1, 0.15) is 33.0 Å². The molecule has 1 rings (SSSR count). The number of aromatic nitrogens is 2. The lowest BCUT2D eigenvalue weighted by Crippen LogP contribution is -2.41. The number of hydrogen-bond acceptors (Lipinski definition) is 4. The number of aliphatic carboxylic acids is 1. The molecule has 0 aliphatic carbocycles. The Bertz CT molecular complexity index is 538. The molecule has 0 saturated carbocycles. The second-order valence-corrected chi connectivity index (χ2v) is 6.11. The van der Waals surface area contributed by atoms with E-state index >= 15 is 0 Å². The van der Waals surface area contributed by atoms with Gasteiger partial charge in [0.1, 0.15) is 12.4 Å². The normalized spacial score (nSPS) is 13.7. The van der Waals surface area contributed by atoms with Gasteiger partial charge in [-0.2, -0.15) is 4.31 Å². The Hall–Kier alpha value is -1.41. The van der Waals surface area contributed by atoms with Crippen LogP contribution in [0, 0.1) is 0 Å². The first-order valence-corrected chi connectivity index (χ1v) is 7.54. The Morgan fingerprint density at radius 3 is 2.58 bits per heavy atom. The van der Waals surface area contributed by atoms with Gasteiger partial charge in [-0.05, 0) is 13.3 Å². The minimum atomic E-state index is -3.86. The van der Waals surface area contributed by atoms with Crippen LogP contribution in [0.15, 0.2) is 11.2 Å². The number of carboxylic acids is 1. The van der Waals surface area contributed by atoms with Crippen molar-refractivity contribution in [2.75, 3.05) is 6.54 Å². The van der Waals surface area contributed by atoms with Crippen molar-refractivity contribution in [2.45, 2.75) is 44.7 Å². The molecule has 0 aliphatic rings. The average Bonchev–Trinajstić information content (AvgIpc) is 2.84. The monoisotopic (exact) mass is 289 g/mol. The lowest BCUT2D eigenvalue weighted by atomic mass is 10.2. The van der Waals surface area contributed by atoms with Gasteiger partial charge in [0.15, 0.2) is 5.03 Å². The molecule has 0 fully saturated rings. The predicted molar refractivity (Wildman–Crippen MR) is 69.2 cm³/mol. The summed E-state index contributed by atoms with van der Waals surface area (Å²) in [5.41, 5.74) is 0. The molecule has 8 heteroatoms. The molecule has 0 saturated heterocycles. The SMILES string of the molecule is CCc1ncc(S(=O)(=O)N(CC(=O)O)C(C)CC)[nH]1. The zero-order chi connectivity index (χ0) is 14.6. The van der Waals surface area contributed by atoms with Gasteiger partial charge in [-0.15, -0.1) is 0 Å². The Labute approximate surface area is 112 Å². The third-order valence-corrected chi connectivity index (χ3v) is 4.77. The molecule has 0 amide bonds. The molecule has 7 nitrogen and oxygen atoms in total. The minimum Gasteiger partial charge on any atom is -0.480 e. The summed E-state index contributed by atoms with van der Waals surface area (Å²) in [7, 11) is -3.86. The first-order valence-electron chi connectivity index (χ1n) is 6.10. The van der Waals surface area contributed by atoms with Crippen LogP contribution < -0.4 is 0 Å². The van der Waals surface area contributed by atoms with Gasteiger partial charge in [-0.1, -0.05) is 13.8 Å². The number of carbonyl (C=O) groups is 1. The van der Waals surface area contributed by atoms with Crippen molar-refractivity contribution in [3.05, 3.63) is 12.0 Å². The van der Waals surface area contributed by atoms with E-state index in [1.54, 1.807) is 13.8 Å². The summed E-state index contributed by atoms with van der Waals surface area (Å²) in [5, 5.41) is 8.79. The average molecular weight is 289 g/mol. The molecule has 0 aliphatic heterocycles. The van der Waals surface area contributed by atoms with Crippen molar-refractivity contribution < 1.29 is 18.3 Å². The van der Waals surface area contributed by atoms with E-state index < -0.39 is 28.6 Å². The highest BCUT2D eigenvalue weighted by Gasteiger charge is 2.31. The molecule has 1 aromatic rings. The van der Waals surface area contributed by atoms with Crippen LogP contribution in [0.4, 0.5) is 0 Å². The van der Waals surface area contributed by atoms with Crippen LogP contribution in [-0.2, 0) is 21.2 Å². The third-order valence-electron chi connectivity index (χ3n) is 2.90. The van der Waals surface area contributed by atoms with Crippen molar-refractivity contribution in [1.29, 1.82) is 0 Å². The fraction of sp³-hybridized carbons (Fsp3) is 0.636. The number of carboxylic acid groups (broad SMARTS) is 1. The molecule has 108 valence electrons. The highest BCUT2D eigenvalue weighted by molar-refractivity contribution is 7.89. The number of aromatic amines is 1. The Balaban J connectivity index is 3.14. The van der Waals surface area contributed by atoms with Crippen molar-refractivity contribution >= 4 is 16.0 Å². The summed E-state index contributed by atoms with van der Waals surface area (Å²) < 4.78 is 25.8. The molecule has 1 heterocycles. The predicted octanol–water partition coefficient (Wildman–Crippen LogP) is 0.846. The van der Waals surface area contributed by atoms with Crippen molar-refractivity contribution in [3.63, 3.8) is 0 Å². The van der Waals surface area contributed by atoms with Crippen molar-refractivity contribution in [2.24, 2.45) is 0 Å². The summed E-state index contributed by atoms with van der Waals surface area (Å²) in [6, 6.07) is -0.394. The van der Waals surface area contributed by atoms with E-state index in [2.05, 4.69) is 9.97 Å². The van der Waals surface area contributed by atoms with Gasteiger partial charge in [0.2, 0.25) is 0 Å². The van der Waals surface area contributed by atoms with Crippen molar-refractivity contribution in [1.82, 2.24) is 14.3 Å². The number of sulfonamides is 1. The summed E-state index contributed by atoms with van der Waals surface area (Å²) in [5.74, 6) is -0.628. The van der Waals surface area contributed by atoms with Crippen molar-refractivity contribution in [3.8, 4) is 0 Å². The van der Waals surface area contributed by atoms with E-state index in [0.29, 0.717) is 18.7 Å². The number of nitrogens with one attached hydrogen (secondary N) is 1. The number of imidazole rings is 1. The smallest absolute Gasteiger partial charge is 0.318 e. The Kier molecular flexibility index (Phi) is 5.07. The van der Waals surface area contributed by atoms with Gasteiger partial charge in [-0.3, -0.25) is 4.79 Å². The number of nitrogens with zero attached hydrogens (tertiary/aromatic N) is 2. The van der Waals surface area contributed by atoms with E-state index in [4.69, 9.17) is 5.11 Å². The fourth-order valence-corrected chi connectivity index (χ4v) is 3.18. The summed E-state index contributed by atoms with van der Waals surface area (Å²) in [4.78, 5) is 17.5. The maximum atomic E-state index is 12.4. The Morgan fingerprint density at radius 2 is 2.16 bits per heavy atom. The van der Waals surface area contributed by atoms with Crippen LogP contribution in [0.5, 0.6) is 0 Å². The maximum Gasteiger partial charge on any atom is 0.318 e. The highest BCUT2D eigenvalue weighted by Crippen LogP contribution is 2.18. The highest BCUT2D eigenvalue weighted by atomic mass is 32.2. The molecule has 2 N–H and O–H groups in total. The summed E-state index contributed by atoms with van der Waals surface area (Å²) in [6.07, 6.45) is 2.34. The number of rotatable bonds is 7. The second-order valence-electron chi connectivity index (χ2n) is 4.25. The molecule has 0 aromatic carbocycles. The zero-order valence-corrected chi connectivity index (χ0v) is 12.1. The zero-order valence-electron chi connectivity index (χ0n) is 11.3. The van der Waals surface area contributed by atoms with Gasteiger partial charge < -0.3 is 10.1 Å². The topological polar surface area (TPSA) is 103 Å². The van der Waals surface area contributed by atoms with E-state index in [1.807, 2.05) is 6.92 Å². The van der Waals surface area contributed by atoms with Gasteiger partial charge in [0.05, 0.1) is 6.20 Å². The van der Waals surface area contributed by atoms with E-state index in [-0.39, 0.29) is 5.03 Å². The molecule has 1 aromatic heterocycles. The molecule has 0 bridgehead atoms. The quantitative estimate of drug-likeness (QED) is 0.774. The first kappa shape index (κ1) is 15.6. The molecular formula is C11H19N3O4S. The number of H-pyrrole nitrogens is 1. The molecule has 1 atom stereocenters. The van der Waals surface area contributed by atoms with Crippen LogP contribution in [0.2, 0.25) is 0 Å². The molecule has 19 heavy (non-hydrogen) atoms. The Morgan fingerprint density at radius 1 is 1.53 bits per heavy atom. The van der Waals surface area contributed by atoms with E-state index in [1.165, 1.54) is 6.20 Å². The molecular weight excluding hydrogens is 270 g/mol. The third kappa shape index (κ3) is 3.54. The largest absolute Gasteiger partial charge is 0.480 e. The van der Waals surface area contributed by atoms with Gasteiger partial charge in [0.25, 0.3) is 10.0 Å². The minimum absolute atomic E-state index is 0.0640. The summed E-state index contributed by atoms with van der Waals surface area (Å²) in [6.45, 7) is 4.77. The fourth-order valence-electron chi connectivity index (χ4n) is 1.60.